The summed E-state index contributed by atoms with van der Waals surface area (Å²) < 4.78 is 32.2. The van der Waals surface area contributed by atoms with Gasteiger partial charge in [-0.2, -0.15) is 8.42 Å². The van der Waals surface area contributed by atoms with Gasteiger partial charge in [0.05, 0.1) is 17.9 Å². The lowest BCUT2D eigenvalue weighted by Crippen LogP contribution is -2.50. The first-order chi connectivity index (χ1) is 19.2. The van der Waals surface area contributed by atoms with Crippen molar-refractivity contribution < 1.29 is 28.0 Å². The molecule has 0 spiro atoms. The van der Waals surface area contributed by atoms with Gasteiger partial charge in [0.15, 0.2) is 0 Å². The fraction of sp³-hybridized carbons (Fsp3) is 0.781. The van der Waals surface area contributed by atoms with Gasteiger partial charge < -0.3 is 15.5 Å². The molecule has 40 heavy (non-hydrogen) atoms. The second kappa shape index (κ2) is 26.4. The summed E-state index contributed by atoms with van der Waals surface area (Å²) in [5.41, 5.74) is 0. The molecule has 7 nitrogen and oxygen atoms in total. The van der Waals surface area contributed by atoms with Gasteiger partial charge in [0, 0.05) is 0 Å². The number of amides is 1. The minimum absolute atomic E-state index is 0.258. The number of aliphatic hydroxyl groups excluding tert-OH is 2. The van der Waals surface area contributed by atoms with Crippen LogP contribution in [0.3, 0.4) is 0 Å². The van der Waals surface area contributed by atoms with E-state index in [0.29, 0.717) is 12.8 Å². The Bertz CT molecular complexity index is 793. The first-order valence-electron chi connectivity index (χ1n) is 15.8. The van der Waals surface area contributed by atoms with Crippen LogP contribution in [0.1, 0.15) is 136 Å². The van der Waals surface area contributed by atoms with Crippen LogP contribution in [0, 0.1) is 0 Å². The molecule has 0 saturated carbocycles. The zero-order valence-electron chi connectivity index (χ0n) is 25.3. The van der Waals surface area contributed by atoms with Crippen LogP contribution in [0.4, 0.5) is 0 Å². The van der Waals surface area contributed by atoms with E-state index in [4.69, 9.17) is 0 Å². The van der Waals surface area contributed by atoms with E-state index in [0.717, 1.165) is 44.9 Å². The summed E-state index contributed by atoms with van der Waals surface area (Å²) in [4.78, 5) is 12.4. The Labute approximate surface area is 245 Å². The van der Waals surface area contributed by atoms with Crippen LogP contribution >= 0.6 is 0 Å². The molecule has 0 rings (SSSR count). The van der Waals surface area contributed by atoms with Crippen LogP contribution in [0.25, 0.3) is 0 Å². The smallest absolute Gasteiger partial charge is 0.267 e. The van der Waals surface area contributed by atoms with Crippen LogP contribution in [-0.4, -0.2) is 53.1 Å². The average molecular weight is 586 g/mol. The van der Waals surface area contributed by atoms with Crippen molar-refractivity contribution in [3.63, 3.8) is 0 Å². The number of carbonyl (C=O) groups excluding carboxylic acids is 1. The van der Waals surface area contributed by atoms with Crippen molar-refractivity contribution in [1.29, 1.82) is 0 Å². The molecule has 3 atom stereocenters. The zero-order valence-corrected chi connectivity index (χ0v) is 26.1. The number of nitrogens with one attached hydrogen (secondary N) is 1. The lowest BCUT2D eigenvalue weighted by atomic mass is 10.1. The number of unbranched alkanes of at least 4 members (excludes halogenated alkanes) is 14. The van der Waals surface area contributed by atoms with Gasteiger partial charge in [-0.15, -0.1) is 0 Å². The number of rotatable bonds is 27. The van der Waals surface area contributed by atoms with Crippen LogP contribution < -0.4 is 5.32 Å². The first-order valence-corrected chi connectivity index (χ1v) is 17.4. The maximum atomic E-state index is 12.4. The van der Waals surface area contributed by atoms with Gasteiger partial charge in [-0.3, -0.25) is 9.35 Å². The van der Waals surface area contributed by atoms with Crippen molar-refractivity contribution in [2.45, 2.75) is 154 Å². The van der Waals surface area contributed by atoms with Crippen molar-refractivity contribution >= 4 is 16.0 Å². The highest BCUT2D eigenvalue weighted by Crippen LogP contribution is 2.11. The number of hydrogen-bond acceptors (Lipinski definition) is 5. The molecule has 0 aliphatic carbocycles. The van der Waals surface area contributed by atoms with Crippen LogP contribution in [0.2, 0.25) is 0 Å². The number of hydrogen-bond donors (Lipinski definition) is 4. The Morgan fingerprint density at radius 1 is 0.675 bits per heavy atom. The van der Waals surface area contributed by atoms with Crippen molar-refractivity contribution in [3.8, 4) is 0 Å². The molecule has 0 aromatic rings. The third-order valence-corrected chi connectivity index (χ3v) is 7.68. The molecule has 0 aliphatic rings. The molecule has 0 fully saturated rings. The van der Waals surface area contributed by atoms with E-state index in [1.54, 1.807) is 6.08 Å². The molecule has 0 aromatic carbocycles. The summed E-state index contributed by atoms with van der Waals surface area (Å²) >= 11 is 0. The molecule has 234 valence electrons. The number of allylic oxidation sites excluding steroid dienone is 5. The highest BCUT2D eigenvalue weighted by Gasteiger charge is 2.27. The van der Waals surface area contributed by atoms with E-state index in [1.807, 2.05) is 0 Å². The van der Waals surface area contributed by atoms with Gasteiger partial charge in [-0.1, -0.05) is 115 Å². The average Bonchev–Trinajstić information content (AvgIpc) is 2.90. The fourth-order valence-corrected chi connectivity index (χ4v) is 5.14. The third-order valence-electron chi connectivity index (χ3n) is 6.90. The molecule has 8 heteroatoms. The van der Waals surface area contributed by atoms with E-state index in [2.05, 4.69) is 43.5 Å². The molecular weight excluding hydrogens is 526 g/mol. The van der Waals surface area contributed by atoms with E-state index in [9.17, 15) is 28.0 Å². The van der Waals surface area contributed by atoms with Gasteiger partial charge >= 0.3 is 0 Å². The minimum atomic E-state index is -4.44. The van der Waals surface area contributed by atoms with Crippen molar-refractivity contribution in [3.05, 3.63) is 36.5 Å². The normalized spacial score (nSPS) is 14.8. The lowest BCUT2D eigenvalue weighted by Gasteiger charge is -2.22. The highest BCUT2D eigenvalue weighted by atomic mass is 32.2. The van der Waals surface area contributed by atoms with Crippen molar-refractivity contribution in [2.75, 3.05) is 5.75 Å². The summed E-state index contributed by atoms with van der Waals surface area (Å²) in [5, 5.41) is 23.1. The minimum Gasteiger partial charge on any atom is -0.387 e. The maximum Gasteiger partial charge on any atom is 0.267 e. The van der Waals surface area contributed by atoms with Crippen LogP contribution in [0.15, 0.2) is 36.5 Å². The van der Waals surface area contributed by atoms with Gasteiger partial charge in [-0.05, 0) is 57.8 Å². The Morgan fingerprint density at radius 3 is 1.70 bits per heavy atom. The Kier molecular flexibility index (Phi) is 25.4. The van der Waals surface area contributed by atoms with Crippen molar-refractivity contribution in [1.82, 2.24) is 5.32 Å². The summed E-state index contributed by atoms with van der Waals surface area (Å²) in [6.45, 7) is 4.41. The molecular formula is C32H59NO6S. The standard InChI is InChI=1S/C32H59NO6S/c1-3-5-7-9-11-13-15-17-18-20-22-24-26-30(34)29(28-40(37,38)39)33-32(36)31(35)27-25-23-21-19-16-14-12-10-8-6-4-2/h12,14,17-18,24,26,29-31,34-35H,3-11,13,15-16,19-23,25,27-28H2,1-2H3,(H,33,36)(H,37,38,39)/b14-12-,18-17+,26-24+. The summed E-state index contributed by atoms with van der Waals surface area (Å²) in [5.74, 6) is -1.57. The third kappa shape index (κ3) is 25.5. The molecule has 0 bridgehead atoms. The Morgan fingerprint density at radius 2 is 1.12 bits per heavy atom. The fourth-order valence-electron chi connectivity index (χ4n) is 4.40. The second-order valence-corrected chi connectivity index (χ2v) is 12.4. The predicted molar refractivity (Wildman–Crippen MR) is 167 cm³/mol. The molecule has 0 saturated heterocycles. The summed E-state index contributed by atoms with van der Waals surface area (Å²) in [6.07, 6.45) is 29.2. The largest absolute Gasteiger partial charge is 0.387 e. The van der Waals surface area contributed by atoms with Gasteiger partial charge in [-0.25, -0.2) is 0 Å². The number of carbonyl (C=O) groups is 1. The number of aliphatic hydroxyl groups is 2. The summed E-state index contributed by atoms with van der Waals surface area (Å²) in [7, 11) is -4.44. The SMILES string of the molecule is CCCCC/C=C\CCCCCCC(O)C(=O)NC(CS(=O)(=O)O)C(O)/C=C/CC/C=C/CCCCCCCC. The second-order valence-electron chi connectivity index (χ2n) is 10.9. The van der Waals surface area contributed by atoms with Gasteiger partial charge in [0.25, 0.3) is 10.1 Å². The molecule has 4 N–H and O–H groups in total. The highest BCUT2D eigenvalue weighted by molar-refractivity contribution is 7.85. The molecule has 0 aliphatic heterocycles. The molecule has 3 unspecified atom stereocenters. The van der Waals surface area contributed by atoms with Crippen molar-refractivity contribution in [2.24, 2.45) is 0 Å². The van der Waals surface area contributed by atoms with Gasteiger partial charge in [0.2, 0.25) is 5.91 Å². The molecule has 0 heterocycles. The Hall–Kier alpha value is -1.48. The van der Waals surface area contributed by atoms with E-state index in [-0.39, 0.29) is 6.42 Å². The first kappa shape index (κ1) is 38.5. The monoisotopic (exact) mass is 585 g/mol. The zero-order chi connectivity index (χ0) is 29.9. The maximum absolute atomic E-state index is 12.4. The lowest BCUT2D eigenvalue weighted by molar-refractivity contribution is -0.130. The predicted octanol–water partition coefficient (Wildman–Crippen LogP) is 7.20. The molecule has 1 amide bonds. The van der Waals surface area contributed by atoms with E-state index < -0.39 is 40.0 Å². The van der Waals surface area contributed by atoms with E-state index in [1.165, 1.54) is 63.9 Å². The summed E-state index contributed by atoms with van der Waals surface area (Å²) in [6, 6.07) is -1.25. The van der Waals surface area contributed by atoms with Crippen LogP contribution in [-0.2, 0) is 14.9 Å². The van der Waals surface area contributed by atoms with E-state index >= 15 is 0 Å². The topological polar surface area (TPSA) is 124 Å². The van der Waals surface area contributed by atoms with Gasteiger partial charge in [0.1, 0.15) is 6.10 Å². The Balaban J connectivity index is 4.33. The molecule has 0 radical (unpaired) electrons. The quantitative estimate of drug-likeness (QED) is 0.0459. The molecule has 0 aromatic heterocycles. The van der Waals surface area contributed by atoms with Crippen LogP contribution in [0.5, 0.6) is 0 Å².